The van der Waals surface area contributed by atoms with Crippen molar-refractivity contribution in [2.45, 2.75) is 25.2 Å². The summed E-state index contributed by atoms with van der Waals surface area (Å²) in [5.74, 6) is -2.53. The number of benzene rings is 1. The molecule has 0 aliphatic heterocycles. The van der Waals surface area contributed by atoms with Crippen molar-refractivity contribution in [3.63, 3.8) is 0 Å². The smallest absolute Gasteiger partial charge is 0.335 e. The summed E-state index contributed by atoms with van der Waals surface area (Å²) in [6.45, 7) is 6.68. The second kappa shape index (κ2) is 5.52. The zero-order valence-corrected chi connectivity index (χ0v) is 11.6. The van der Waals surface area contributed by atoms with Gasteiger partial charge >= 0.3 is 5.97 Å². The number of sulfone groups is 1. The molecule has 6 heteroatoms. The lowest BCUT2D eigenvalue weighted by Crippen LogP contribution is -2.12. The number of halogens is 1. The van der Waals surface area contributed by atoms with Gasteiger partial charge in [-0.2, -0.15) is 0 Å². The van der Waals surface area contributed by atoms with Crippen molar-refractivity contribution in [3.05, 3.63) is 41.2 Å². The highest BCUT2D eigenvalue weighted by Gasteiger charge is 2.22. The predicted molar refractivity (Wildman–Crippen MR) is 69.6 cm³/mol. The molecule has 0 aliphatic rings. The number of carboxylic acid groups (broad SMARTS) is 1. The van der Waals surface area contributed by atoms with Crippen LogP contribution in [0.4, 0.5) is 4.39 Å². The summed E-state index contributed by atoms with van der Waals surface area (Å²) in [7, 11) is -3.78. The van der Waals surface area contributed by atoms with Gasteiger partial charge in [0.15, 0.2) is 9.84 Å². The standard InChI is InChI=1S/C13H15FO4S/c1-4-8(2)7-19(17,18)12-6-10(13(15)16)5-11(14)9(12)3/h5-6H,2,4,7H2,1,3H3,(H,15,16). The van der Waals surface area contributed by atoms with Crippen molar-refractivity contribution in [2.75, 3.05) is 5.75 Å². The number of aromatic carboxylic acids is 1. The number of carbonyl (C=O) groups is 1. The zero-order chi connectivity index (χ0) is 14.8. The van der Waals surface area contributed by atoms with E-state index in [0.717, 1.165) is 12.1 Å². The molecule has 0 fully saturated rings. The van der Waals surface area contributed by atoms with E-state index in [4.69, 9.17) is 5.11 Å². The maximum atomic E-state index is 13.6. The molecule has 1 aromatic carbocycles. The Hall–Kier alpha value is -1.69. The molecule has 104 valence electrons. The third-order valence-corrected chi connectivity index (χ3v) is 4.66. The summed E-state index contributed by atoms with van der Waals surface area (Å²) >= 11 is 0. The molecule has 0 amide bonds. The first-order valence-electron chi connectivity index (χ1n) is 5.62. The van der Waals surface area contributed by atoms with Crippen LogP contribution in [0.1, 0.15) is 29.3 Å². The zero-order valence-electron chi connectivity index (χ0n) is 10.7. The molecule has 0 radical (unpaired) electrons. The topological polar surface area (TPSA) is 71.4 Å². The van der Waals surface area contributed by atoms with Gasteiger partial charge in [0.05, 0.1) is 16.2 Å². The highest BCUT2D eigenvalue weighted by atomic mass is 32.2. The van der Waals surface area contributed by atoms with Gasteiger partial charge in [0.1, 0.15) is 5.82 Å². The normalized spacial score (nSPS) is 11.3. The summed E-state index contributed by atoms with van der Waals surface area (Å²) in [5, 5.41) is 8.84. The van der Waals surface area contributed by atoms with Crippen molar-refractivity contribution in [1.82, 2.24) is 0 Å². The van der Waals surface area contributed by atoms with E-state index in [1.807, 2.05) is 0 Å². The number of rotatable bonds is 5. The van der Waals surface area contributed by atoms with Crippen LogP contribution in [-0.2, 0) is 9.84 Å². The third kappa shape index (κ3) is 3.41. The number of hydrogen-bond donors (Lipinski definition) is 1. The molecule has 0 aliphatic carbocycles. The third-order valence-electron chi connectivity index (χ3n) is 2.77. The molecule has 0 aromatic heterocycles. The van der Waals surface area contributed by atoms with E-state index in [2.05, 4.69) is 6.58 Å². The Bertz CT molecular complexity index is 632. The highest BCUT2D eigenvalue weighted by Crippen LogP contribution is 2.23. The van der Waals surface area contributed by atoms with Crippen molar-refractivity contribution in [2.24, 2.45) is 0 Å². The molecule has 0 heterocycles. The fourth-order valence-corrected chi connectivity index (χ4v) is 3.32. The minimum absolute atomic E-state index is 0.0751. The Balaban J connectivity index is 3.41. The molecule has 4 nitrogen and oxygen atoms in total. The minimum atomic E-state index is -3.78. The monoisotopic (exact) mass is 286 g/mol. The Morgan fingerprint density at radius 3 is 2.47 bits per heavy atom. The maximum Gasteiger partial charge on any atom is 0.335 e. The van der Waals surface area contributed by atoms with Gasteiger partial charge < -0.3 is 5.11 Å². The Labute approximate surface area is 111 Å². The van der Waals surface area contributed by atoms with Crippen molar-refractivity contribution < 1.29 is 22.7 Å². The fourth-order valence-electron chi connectivity index (χ4n) is 1.55. The molecule has 0 bridgehead atoms. The van der Waals surface area contributed by atoms with Crippen LogP contribution < -0.4 is 0 Å². The van der Waals surface area contributed by atoms with Crippen LogP contribution in [0.3, 0.4) is 0 Å². The van der Waals surface area contributed by atoms with Crippen LogP contribution in [0.2, 0.25) is 0 Å². The van der Waals surface area contributed by atoms with Crippen molar-refractivity contribution in [3.8, 4) is 0 Å². The van der Waals surface area contributed by atoms with Gasteiger partial charge in [-0.05, 0) is 25.5 Å². The van der Waals surface area contributed by atoms with Gasteiger partial charge in [0, 0.05) is 5.56 Å². The molecule has 0 unspecified atom stereocenters. The molecule has 0 saturated heterocycles. The van der Waals surface area contributed by atoms with Gasteiger partial charge in [-0.1, -0.05) is 19.1 Å². The van der Waals surface area contributed by atoms with Gasteiger partial charge in [0.2, 0.25) is 0 Å². The van der Waals surface area contributed by atoms with E-state index in [1.165, 1.54) is 6.92 Å². The molecule has 19 heavy (non-hydrogen) atoms. The predicted octanol–water partition coefficient (Wildman–Crippen LogP) is 2.57. The van der Waals surface area contributed by atoms with E-state index in [0.29, 0.717) is 12.0 Å². The summed E-state index contributed by atoms with van der Waals surface area (Å²) < 4.78 is 37.9. The van der Waals surface area contributed by atoms with Crippen molar-refractivity contribution in [1.29, 1.82) is 0 Å². The molecule has 0 atom stereocenters. The van der Waals surface area contributed by atoms with E-state index >= 15 is 0 Å². The SMILES string of the molecule is C=C(CC)CS(=O)(=O)c1cc(C(=O)O)cc(F)c1C. The average Bonchev–Trinajstić information content (AvgIpc) is 2.31. The molecule has 0 saturated carbocycles. The van der Waals surface area contributed by atoms with Crippen molar-refractivity contribution >= 4 is 15.8 Å². The first kappa shape index (κ1) is 15.4. The molecule has 1 aromatic rings. The van der Waals surface area contributed by atoms with Crippen LogP contribution in [0, 0.1) is 12.7 Å². The first-order chi connectivity index (χ1) is 8.69. The van der Waals surface area contributed by atoms with E-state index < -0.39 is 21.6 Å². The van der Waals surface area contributed by atoms with Crippen LogP contribution in [0.15, 0.2) is 29.2 Å². The molecule has 1 N–H and O–H groups in total. The first-order valence-corrected chi connectivity index (χ1v) is 7.27. The number of hydrogen-bond acceptors (Lipinski definition) is 3. The average molecular weight is 286 g/mol. The molecule has 1 rings (SSSR count). The highest BCUT2D eigenvalue weighted by molar-refractivity contribution is 7.91. The lowest BCUT2D eigenvalue weighted by Gasteiger charge is -2.10. The van der Waals surface area contributed by atoms with Gasteiger partial charge in [-0.25, -0.2) is 17.6 Å². The summed E-state index contributed by atoms with van der Waals surface area (Å²) in [5.41, 5.74) is 0.0261. The summed E-state index contributed by atoms with van der Waals surface area (Å²) in [6, 6.07) is 1.80. The van der Waals surface area contributed by atoms with Crippen LogP contribution in [0.25, 0.3) is 0 Å². The Morgan fingerprint density at radius 2 is 2.00 bits per heavy atom. The fraction of sp³-hybridized carbons (Fsp3) is 0.308. The van der Waals surface area contributed by atoms with Gasteiger partial charge in [-0.15, -0.1) is 0 Å². The summed E-state index contributed by atoms with van der Waals surface area (Å²) in [4.78, 5) is 10.6. The molecule has 0 spiro atoms. The quantitative estimate of drug-likeness (QED) is 0.844. The molecular formula is C13H15FO4S. The van der Waals surface area contributed by atoms with E-state index in [-0.39, 0.29) is 21.8 Å². The summed E-state index contributed by atoms with van der Waals surface area (Å²) in [6.07, 6.45) is 0.485. The van der Waals surface area contributed by atoms with Crippen LogP contribution in [0.5, 0.6) is 0 Å². The number of carboxylic acids is 1. The van der Waals surface area contributed by atoms with Crippen LogP contribution in [-0.4, -0.2) is 25.2 Å². The van der Waals surface area contributed by atoms with Crippen LogP contribution >= 0.6 is 0 Å². The lowest BCUT2D eigenvalue weighted by molar-refractivity contribution is 0.0696. The minimum Gasteiger partial charge on any atom is -0.478 e. The largest absolute Gasteiger partial charge is 0.478 e. The van der Waals surface area contributed by atoms with Gasteiger partial charge in [0.25, 0.3) is 0 Å². The Kier molecular flexibility index (Phi) is 4.47. The maximum absolute atomic E-state index is 13.6. The Morgan fingerprint density at radius 1 is 1.42 bits per heavy atom. The second-order valence-electron chi connectivity index (χ2n) is 4.25. The molecular weight excluding hydrogens is 271 g/mol. The van der Waals surface area contributed by atoms with E-state index in [1.54, 1.807) is 6.92 Å². The second-order valence-corrected chi connectivity index (χ2v) is 6.21. The van der Waals surface area contributed by atoms with Gasteiger partial charge in [-0.3, -0.25) is 0 Å². The lowest BCUT2D eigenvalue weighted by atomic mass is 10.1. The van der Waals surface area contributed by atoms with E-state index in [9.17, 15) is 17.6 Å².